The Morgan fingerprint density at radius 1 is 0.750 bits per heavy atom. The summed E-state index contributed by atoms with van der Waals surface area (Å²) < 4.78 is 0. The average Bonchev–Trinajstić information content (AvgIpc) is 2.21. The molecule has 0 unspecified atom stereocenters. The molecular formula is C12H28BNa2S. The molecule has 0 nitrogen and oxygen atoms in total. The normalized spacial score (nSPS) is 9.12. The van der Waals surface area contributed by atoms with Crippen molar-refractivity contribution < 1.29 is 62.0 Å². The van der Waals surface area contributed by atoms with E-state index >= 15 is 0 Å². The van der Waals surface area contributed by atoms with E-state index in [2.05, 4.69) is 19.4 Å². The van der Waals surface area contributed by atoms with Gasteiger partial charge >= 0.3 is 59.1 Å². The van der Waals surface area contributed by atoms with Gasteiger partial charge in [0.15, 0.2) is 6.56 Å². The van der Waals surface area contributed by atoms with Crippen LogP contribution in [0.2, 0.25) is 6.32 Å². The molecule has 0 amide bonds. The van der Waals surface area contributed by atoms with E-state index in [1.165, 1.54) is 70.5 Å². The number of rotatable bonds is 11. The van der Waals surface area contributed by atoms with Crippen molar-refractivity contribution in [3.8, 4) is 0 Å². The number of hydrogen-bond acceptors (Lipinski definition) is 1. The first-order chi connectivity index (χ1) is 6.91. The van der Waals surface area contributed by atoms with E-state index < -0.39 is 0 Å². The van der Waals surface area contributed by atoms with Crippen LogP contribution in [0, 0.1) is 0 Å². The van der Waals surface area contributed by atoms with Crippen LogP contribution < -0.4 is 59.1 Å². The Bertz CT molecular complexity index is 102. The maximum absolute atomic E-state index is 4.09. The van der Waals surface area contributed by atoms with Gasteiger partial charge < -0.3 is 2.85 Å². The van der Waals surface area contributed by atoms with Gasteiger partial charge in [-0.25, -0.2) is 12.5 Å². The zero-order chi connectivity index (χ0) is 10.5. The summed E-state index contributed by atoms with van der Waals surface area (Å²) in [7, 11) is 0. The quantitative estimate of drug-likeness (QED) is 0.278. The smallest absolute Gasteiger partial charge is 1.00 e. The van der Waals surface area contributed by atoms with Crippen molar-refractivity contribution in [1.29, 1.82) is 0 Å². The molecule has 0 rings (SSSR count). The van der Waals surface area contributed by atoms with Crippen LogP contribution >= 0.6 is 12.5 Å². The summed E-state index contributed by atoms with van der Waals surface area (Å²) in [6.07, 6.45) is 15.4. The molecule has 0 atom stereocenters. The molecule has 0 spiro atoms. The van der Waals surface area contributed by atoms with Crippen molar-refractivity contribution >= 4 is 19.0 Å². The Morgan fingerprint density at radius 3 is 1.50 bits per heavy atom. The fraction of sp³-hybridized carbons (Fsp3) is 1.00. The molecule has 0 aliphatic rings. The third-order valence-electron chi connectivity index (χ3n) is 2.69. The molecule has 87 valence electrons. The van der Waals surface area contributed by atoms with E-state index in [4.69, 9.17) is 0 Å². The molecule has 0 bridgehead atoms. The van der Waals surface area contributed by atoms with Crippen molar-refractivity contribution in [2.24, 2.45) is 0 Å². The topological polar surface area (TPSA) is 0 Å². The van der Waals surface area contributed by atoms with Crippen molar-refractivity contribution in [3.05, 3.63) is 0 Å². The van der Waals surface area contributed by atoms with Gasteiger partial charge in [0.2, 0.25) is 0 Å². The van der Waals surface area contributed by atoms with Crippen LogP contribution in [0.5, 0.6) is 0 Å². The average molecular weight is 261 g/mol. The minimum absolute atomic E-state index is 0. The Morgan fingerprint density at radius 2 is 1.12 bits per heavy atom. The first kappa shape index (κ1) is 23.5. The van der Waals surface area contributed by atoms with Crippen molar-refractivity contribution in [1.82, 2.24) is 0 Å². The van der Waals surface area contributed by atoms with Gasteiger partial charge in [-0.1, -0.05) is 77.5 Å². The predicted octanol–water partition coefficient (Wildman–Crippen LogP) is -0.892. The van der Waals surface area contributed by atoms with Gasteiger partial charge in [-0.15, -0.1) is 0 Å². The van der Waals surface area contributed by atoms with Gasteiger partial charge in [0, 0.05) is 0 Å². The van der Waals surface area contributed by atoms with Crippen LogP contribution in [0.15, 0.2) is 0 Å². The van der Waals surface area contributed by atoms with Crippen LogP contribution in [0.3, 0.4) is 0 Å². The second-order valence-electron chi connectivity index (χ2n) is 4.15. The summed E-state index contributed by atoms with van der Waals surface area (Å²) in [5.41, 5.74) is 0. The van der Waals surface area contributed by atoms with Gasteiger partial charge in [0.05, 0.1) is 0 Å². The Balaban J connectivity index is -0.000000141. The van der Waals surface area contributed by atoms with Gasteiger partial charge in [0.1, 0.15) is 0 Å². The molecule has 0 aliphatic carbocycles. The number of hydrogen-bond donors (Lipinski definition) is 1. The molecule has 0 aromatic rings. The summed E-state index contributed by atoms with van der Waals surface area (Å²) in [4.78, 5) is 0. The van der Waals surface area contributed by atoms with E-state index in [0.29, 0.717) is 0 Å². The Labute approximate surface area is 157 Å². The largest absolute Gasteiger partial charge is 1.00 e. The predicted molar refractivity (Wildman–Crippen MR) is 73.6 cm³/mol. The van der Waals surface area contributed by atoms with Gasteiger partial charge in [-0.3, -0.25) is 0 Å². The van der Waals surface area contributed by atoms with E-state index in [0.717, 1.165) is 0 Å². The van der Waals surface area contributed by atoms with E-state index in [1.54, 1.807) is 0 Å². The molecular weight excluding hydrogens is 233 g/mol. The van der Waals surface area contributed by atoms with Crippen molar-refractivity contribution in [2.75, 3.05) is 0 Å². The number of unbranched alkanes of at least 4 members (excludes halogenated alkanes) is 9. The maximum atomic E-state index is 4.09. The van der Waals surface area contributed by atoms with Crippen LogP contribution in [0.1, 0.15) is 74.0 Å². The summed E-state index contributed by atoms with van der Waals surface area (Å²) in [6, 6.07) is 0. The summed E-state index contributed by atoms with van der Waals surface area (Å²) in [6.45, 7) is 4.25. The van der Waals surface area contributed by atoms with Crippen LogP contribution in [0.4, 0.5) is 0 Å². The first-order valence-corrected chi connectivity index (χ1v) is 6.89. The third-order valence-corrected chi connectivity index (χ3v) is 2.94. The molecule has 0 aromatic carbocycles. The second-order valence-corrected chi connectivity index (χ2v) is 4.52. The van der Waals surface area contributed by atoms with Crippen molar-refractivity contribution in [2.45, 2.75) is 77.5 Å². The molecule has 0 fully saturated rings. The molecule has 0 aliphatic heterocycles. The van der Waals surface area contributed by atoms with E-state index in [9.17, 15) is 0 Å². The SMILES string of the molecule is CCCCCCCCCCCC[B]S.[H-].[H-].[Na+].[Na+]. The molecule has 0 saturated carbocycles. The third kappa shape index (κ3) is 21.7. The molecule has 0 heterocycles. The van der Waals surface area contributed by atoms with E-state index in [-0.39, 0.29) is 62.0 Å². The molecule has 0 N–H and O–H groups in total. The maximum Gasteiger partial charge on any atom is 1.00 e. The fourth-order valence-electron chi connectivity index (χ4n) is 1.72. The minimum Gasteiger partial charge on any atom is -1.00 e. The standard InChI is InChI=1S/C12H26BS.2Na.2H/c1-2-3-4-5-6-7-8-9-10-11-12-13-14;;;;/h14H,2-12H2,1H3;;;;/q;2*+1;2*-1. The Hall–Kier alpha value is 2.41. The van der Waals surface area contributed by atoms with Crippen LogP contribution in [-0.2, 0) is 0 Å². The summed E-state index contributed by atoms with van der Waals surface area (Å²) in [5, 5.41) is 0. The minimum atomic E-state index is 0. The van der Waals surface area contributed by atoms with Crippen molar-refractivity contribution in [3.63, 3.8) is 0 Å². The Kier molecular flexibility index (Phi) is 33.2. The van der Waals surface area contributed by atoms with Gasteiger partial charge in [-0.05, 0) is 0 Å². The number of thiol groups is 1. The zero-order valence-electron chi connectivity index (χ0n) is 13.8. The fourth-order valence-corrected chi connectivity index (χ4v) is 1.91. The monoisotopic (exact) mass is 261 g/mol. The molecule has 16 heavy (non-hydrogen) atoms. The van der Waals surface area contributed by atoms with Gasteiger partial charge in [0.25, 0.3) is 0 Å². The molecule has 0 aromatic heterocycles. The molecule has 0 saturated heterocycles. The van der Waals surface area contributed by atoms with E-state index in [1.807, 2.05) is 6.56 Å². The van der Waals surface area contributed by atoms with Crippen LogP contribution in [0.25, 0.3) is 0 Å². The zero-order valence-corrected chi connectivity index (χ0v) is 16.7. The summed E-state index contributed by atoms with van der Waals surface area (Å²) >= 11 is 4.09. The summed E-state index contributed by atoms with van der Waals surface area (Å²) in [5.74, 6) is 0. The first-order valence-electron chi connectivity index (χ1n) is 6.37. The van der Waals surface area contributed by atoms with Gasteiger partial charge in [-0.2, -0.15) is 0 Å². The van der Waals surface area contributed by atoms with Crippen LogP contribution in [-0.4, -0.2) is 6.56 Å². The molecule has 1 radical (unpaired) electrons. The molecule has 4 heteroatoms. The second kappa shape index (κ2) is 22.6.